The first-order valence-electron chi connectivity index (χ1n) is 11.0. The van der Waals surface area contributed by atoms with Crippen LogP contribution in [0.3, 0.4) is 0 Å². The minimum atomic E-state index is -0.649. The fourth-order valence-corrected chi connectivity index (χ4v) is 4.32. The Hall–Kier alpha value is -2.40. The van der Waals surface area contributed by atoms with Crippen molar-refractivity contribution in [2.75, 3.05) is 6.54 Å². The van der Waals surface area contributed by atoms with Crippen LogP contribution in [0.1, 0.15) is 50.2 Å². The Morgan fingerprint density at radius 3 is 2.48 bits per heavy atom. The number of nitrogens with one attached hydrogen (secondary N) is 1. The lowest BCUT2D eigenvalue weighted by molar-refractivity contribution is -0.139. The third-order valence-electron chi connectivity index (χ3n) is 5.99. The highest BCUT2D eigenvalue weighted by Gasteiger charge is 2.28. The minimum Gasteiger partial charge on any atom is -0.352 e. The van der Waals surface area contributed by atoms with Crippen LogP contribution in [-0.2, 0) is 22.4 Å². The molecule has 2 aromatic rings. The van der Waals surface area contributed by atoms with Crippen molar-refractivity contribution in [1.29, 1.82) is 0 Å². The zero-order valence-corrected chi connectivity index (χ0v) is 18.7. The Balaban J connectivity index is 1.74. The summed E-state index contributed by atoms with van der Waals surface area (Å²) >= 11 is 6.13. The van der Waals surface area contributed by atoms with Crippen molar-refractivity contribution in [3.05, 3.63) is 70.5 Å². The van der Waals surface area contributed by atoms with E-state index in [0.717, 1.165) is 31.2 Å². The molecule has 0 aromatic heterocycles. The number of rotatable bonds is 8. The van der Waals surface area contributed by atoms with Crippen LogP contribution < -0.4 is 5.32 Å². The van der Waals surface area contributed by atoms with E-state index in [-0.39, 0.29) is 34.9 Å². The van der Waals surface area contributed by atoms with E-state index in [1.165, 1.54) is 18.6 Å². The molecule has 1 atom stereocenters. The Labute approximate surface area is 188 Å². The van der Waals surface area contributed by atoms with Gasteiger partial charge in [-0.1, -0.05) is 67.3 Å². The van der Waals surface area contributed by atoms with Crippen LogP contribution in [0.4, 0.5) is 4.39 Å². The summed E-state index contributed by atoms with van der Waals surface area (Å²) in [5.74, 6) is -0.981. The summed E-state index contributed by atoms with van der Waals surface area (Å²) in [5, 5.41) is 3.32. The number of nitrogens with zero attached hydrogens (tertiary/aromatic N) is 1. The molecule has 2 amide bonds. The molecule has 1 saturated carbocycles. The molecule has 166 valence electrons. The second kappa shape index (κ2) is 11.3. The molecule has 1 aliphatic carbocycles. The molecule has 0 spiro atoms. The topological polar surface area (TPSA) is 49.4 Å². The lowest BCUT2D eigenvalue weighted by atomic mass is 9.95. The van der Waals surface area contributed by atoms with Crippen LogP contribution in [0.2, 0.25) is 5.02 Å². The average molecular weight is 445 g/mol. The molecule has 2 aromatic carbocycles. The van der Waals surface area contributed by atoms with Crippen molar-refractivity contribution in [2.45, 2.75) is 64.0 Å². The summed E-state index contributed by atoms with van der Waals surface area (Å²) in [7, 11) is 0. The maximum Gasteiger partial charge on any atom is 0.242 e. The zero-order chi connectivity index (χ0) is 22.2. The smallest absolute Gasteiger partial charge is 0.242 e. The van der Waals surface area contributed by atoms with Crippen molar-refractivity contribution in [1.82, 2.24) is 10.2 Å². The third-order valence-corrected chi connectivity index (χ3v) is 6.35. The molecule has 0 heterocycles. The highest BCUT2D eigenvalue weighted by Crippen LogP contribution is 2.21. The molecule has 1 N–H and O–H groups in total. The molecule has 1 unspecified atom stereocenters. The first-order chi connectivity index (χ1) is 15.0. The SMILES string of the molecule is CC(C(=O)NC1CCCCC1)N(CCc1ccccc1)C(=O)Cc1c(F)cccc1Cl. The number of carbonyl (C=O) groups is 2. The number of hydrogen-bond acceptors (Lipinski definition) is 2. The fraction of sp³-hybridized carbons (Fsp3) is 0.440. The Morgan fingerprint density at radius 1 is 1.10 bits per heavy atom. The van der Waals surface area contributed by atoms with Crippen LogP contribution in [0.25, 0.3) is 0 Å². The molecule has 0 bridgehead atoms. The van der Waals surface area contributed by atoms with Crippen molar-refractivity contribution in [2.24, 2.45) is 0 Å². The summed E-state index contributed by atoms with van der Waals surface area (Å²) in [6.07, 6.45) is 5.80. The van der Waals surface area contributed by atoms with E-state index in [1.807, 2.05) is 30.3 Å². The lowest BCUT2D eigenvalue weighted by Gasteiger charge is -2.31. The van der Waals surface area contributed by atoms with Crippen LogP contribution in [-0.4, -0.2) is 35.3 Å². The Morgan fingerprint density at radius 2 is 1.81 bits per heavy atom. The summed E-state index contributed by atoms with van der Waals surface area (Å²) < 4.78 is 14.3. The quantitative estimate of drug-likeness (QED) is 0.627. The fourth-order valence-electron chi connectivity index (χ4n) is 4.09. The van der Waals surface area contributed by atoms with E-state index in [2.05, 4.69) is 5.32 Å². The largest absolute Gasteiger partial charge is 0.352 e. The molecule has 31 heavy (non-hydrogen) atoms. The van der Waals surface area contributed by atoms with Gasteiger partial charge in [-0.3, -0.25) is 9.59 Å². The van der Waals surface area contributed by atoms with Gasteiger partial charge in [0.2, 0.25) is 11.8 Å². The summed E-state index contributed by atoms with van der Waals surface area (Å²) in [4.78, 5) is 27.7. The second-order valence-electron chi connectivity index (χ2n) is 8.22. The maximum atomic E-state index is 14.3. The molecule has 1 aliphatic rings. The molecular formula is C25H30ClFN2O2. The summed E-state index contributed by atoms with van der Waals surface area (Å²) in [5.41, 5.74) is 1.24. The molecule has 3 rings (SSSR count). The van der Waals surface area contributed by atoms with Crippen LogP contribution in [0.15, 0.2) is 48.5 Å². The van der Waals surface area contributed by atoms with Crippen molar-refractivity contribution >= 4 is 23.4 Å². The minimum absolute atomic E-state index is 0.159. The van der Waals surface area contributed by atoms with Crippen molar-refractivity contribution < 1.29 is 14.0 Å². The predicted octanol–water partition coefficient (Wildman–Crippen LogP) is 4.93. The first kappa shape index (κ1) is 23.3. The second-order valence-corrected chi connectivity index (χ2v) is 8.63. The number of hydrogen-bond donors (Lipinski definition) is 1. The van der Waals surface area contributed by atoms with Crippen molar-refractivity contribution in [3.8, 4) is 0 Å². The van der Waals surface area contributed by atoms with Gasteiger partial charge < -0.3 is 10.2 Å². The lowest BCUT2D eigenvalue weighted by Crippen LogP contribution is -2.51. The molecule has 0 saturated heterocycles. The average Bonchev–Trinajstić information content (AvgIpc) is 2.77. The number of halogens is 2. The Bertz CT molecular complexity index is 864. The van der Waals surface area contributed by atoms with E-state index in [1.54, 1.807) is 17.9 Å². The third kappa shape index (κ3) is 6.54. The van der Waals surface area contributed by atoms with Gasteiger partial charge in [0, 0.05) is 23.2 Å². The normalized spacial score (nSPS) is 15.3. The highest BCUT2D eigenvalue weighted by atomic mass is 35.5. The molecule has 6 heteroatoms. The maximum absolute atomic E-state index is 14.3. The van der Waals surface area contributed by atoms with Gasteiger partial charge in [-0.2, -0.15) is 0 Å². The van der Waals surface area contributed by atoms with Gasteiger partial charge >= 0.3 is 0 Å². The van der Waals surface area contributed by atoms with Crippen LogP contribution in [0, 0.1) is 5.82 Å². The molecule has 0 aliphatic heterocycles. The monoisotopic (exact) mass is 444 g/mol. The van der Waals surface area contributed by atoms with Crippen LogP contribution >= 0.6 is 11.6 Å². The predicted molar refractivity (Wildman–Crippen MR) is 121 cm³/mol. The first-order valence-corrected chi connectivity index (χ1v) is 11.4. The standard InChI is InChI=1S/C25H30ClFN2O2/c1-18(25(31)28-20-11-6-3-7-12-20)29(16-15-19-9-4-2-5-10-19)24(30)17-21-22(26)13-8-14-23(21)27/h2,4-5,8-10,13-14,18,20H,3,6-7,11-12,15-17H2,1H3,(H,28,31). The molecule has 4 nitrogen and oxygen atoms in total. The van der Waals surface area contributed by atoms with E-state index in [4.69, 9.17) is 11.6 Å². The Kier molecular flexibility index (Phi) is 8.47. The van der Waals surface area contributed by atoms with Crippen LogP contribution in [0.5, 0.6) is 0 Å². The van der Waals surface area contributed by atoms with Gasteiger partial charge in [0.25, 0.3) is 0 Å². The number of benzene rings is 2. The van der Waals surface area contributed by atoms with Gasteiger partial charge in [0.15, 0.2) is 0 Å². The van der Waals surface area contributed by atoms with E-state index in [9.17, 15) is 14.0 Å². The van der Waals surface area contributed by atoms with Gasteiger partial charge in [-0.25, -0.2) is 4.39 Å². The van der Waals surface area contributed by atoms with Gasteiger partial charge in [0.05, 0.1) is 6.42 Å². The molecule has 0 radical (unpaired) electrons. The molecule has 1 fully saturated rings. The molecular weight excluding hydrogens is 415 g/mol. The van der Waals surface area contributed by atoms with Gasteiger partial charge in [0.1, 0.15) is 11.9 Å². The van der Waals surface area contributed by atoms with Crippen molar-refractivity contribution in [3.63, 3.8) is 0 Å². The van der Waals surface area contributed by atoms with E-state index >= 15 is 0 Å². The number of amides is 2. The summed E-state index contributed by atoms with van der Waals surface area (Å²) in [6, 6.07) is 13.7. The van der Waals surface area contributed by atoms with E-state index < -0.39 is 11.9 Å². The van der Waals surface area contributed by atoms with E-state index in [0.29, 0.717) is 13.0 Å². The zero-order valence-electron chi connectivity index (χ0n) is 17.9. The van der Waals surface area contributed by atoms with Gasteiger partial charge in [-0.15, -0.1) is 0 Å². The number of carbonyl (C=O) groups excluding carboxylic acids is 2. The summed E-state index contributed by atoms with van der Waals surface area (Å²) in [6.45, 7) is 2.11. The van der Waals surface area contributed by atoms with Gasteiger partial charge in [-0.05, 0) is 43.9 Å². The highest BCUT2D eigenvalue weighted by molar-refractivity contribution is 6.31.